The lowest BCUT2D eigenvalue weighted by Crippen LogP contribution is -2.25. The van der Waals surface area contributed by atoms with E-state index in [-0.39, 0.29) is 5.91 Å². The zero-order chi connectivity index (χ0) is 20.8. The number of benzene rings is 2. The van der Waals surface area contributed by atoms with Crippen LogP contribution < -0.4 is 10.1 Å². The highest BCUT2D eigenvalue weighted by Crippen LogP contribution is 2.14. The summed E-state index contributed by atoms with van der Waals surface area (Å²) in [6.07, 6.45) is 4.40. The van der Waals surface area contributed by atoms with E-state index in [0.29, 0.717) is 12.2 Å². The van der Waals surface area contributed by atoms with Gasteiger partial charge in [-0.3, -0.25) is 9.48 Å². The van der Waals surface area contributed by atoms with E-state index >= 15 is 0 Å². The van der Waals surface area contributed by atoms with Crippen LogP contribution in [0.4, 0.5) is 0 Å². The van der Waals surface area contributed by atoms with Crippen molar-refractivity contribution in [3.05, 3.63) is 96.1 Å². The van der Waals surface area contributed by atoms with Crippen LogP contribution in [0.5, 0.6) is 5.75 Å². The van der Waals surface area contributed by atoms with Crippen LogP contribution in [0.25, 0.3) is 5.69 Å². The molecule has 0 aliphatic rings. The van der Waals surface area contributed by atoms with Gasteiger partial charge in [0.2, 0.25) is 0 Å². The van der Waals surface area contributed by atoms with Crippen LogP contribution in [0.2, 0.25) is 0 Å². The van der Waals surface area contributed by atoms with Gasteiger partial charge in [-0.15, -0.1) is 0 Å². The summed E-state index contributed by atoms with van der Waals surface area (Å²) in [7, 11) is 1.62. The largest absolute Gasteiger partial charge is 0.497 e. The van der Waals surface area contributed by atoms with E-state index in [1.165, 1.54) is 5.56 Å². The number of methoxy groups -OCH3 is 1. The topological polar surface area (TPSA) is 74.0 Å². The van der Waals surface area contributed by atoms with E-state index in [4.69, 9.17) is 4.74 Å². The number of carbonyl (C=O) groups is 1. The Labute approximate surface area is 174 Å². The molecule has 0 radical (unpaired) electrons. The van der Waals surface area contributed by atoms with Gasteiger partial charge in [-0.1, -0.05) is 30.3 Å². The first kappa shape index (κ1) is 19.4. The summed E-state index contributed by atoms with van der Waals surface area (Å²) in [6, 6.07) is 21.4. The summed E-state index contributed by atoms with van der Waals surface area (Å²) in [5.74, 6) is 0.547. The van der Waals surface area contributed by atoms with Crippen molar-refractivity contribution < 1.29 is 9.53 Å². The summed E-state index contributed by atoms with van der Waals surface area (Å²) in [5.41, 5.74) is 3.43. The molecule has 0 saturated carbocycles. The van der Waals surface area contributed by atoms with Crippen molar-refractivity contribution in [2.75, 3.05) is 7.11 Å². The third kappa shape index (κ3) is 4.57. The Hall–Kier alpha value is -3.87. The van der Waals surface area contributed by atoms with E-state index in [9.17, 15) is 4.79 Å². The Balaban J connectivity index is 1.35. The molecule has 4 aromatic rings. The molecule has 1 N–H and O–H groups in total. The third-order valence-electron chi connectivity index (χ3n) is 4.85. The van der Waals surface area contributed by atoms with Crippen molar-refractivity contribution in [1.29, 1.82) is 0 Å². The van der Waals surface area contributed by atoms with Gasteiger partial charge < -0.3 is 10.1 Å². The fourth-order valence-electron chi connectivity index (χ4n) is 3.18. The number of hydrogen-bond donors (Lipinski definition) is 1. The first-order chi connectivity index (χ1) is 14.7. The van der Waals surface area contributed by atoms with Crippen LogP contribution >= 0.6 is 0 Å². The number of aromatic nitrogens is 4. The molecule has 2 heterocycles. The predicted molar refractivity (Wildman–Crippen MR) is 114 cm³/mol. The van der Waals surface area contributed by atoms with Crippen molar-refractivity contribution in [3.63, 3.8) is 0 Å². The van der Waals surface area contributed by atoms with E-state index in [1.807, 2.05) is 53.2 Å². The van der Waals surface area contributed by atoms with E-state index < -0.39 is 0 Å². The smallest absolute Gasteiger partial charge is 0.272 e. The molecule has 0 bridgehead atoms. The Morgan fingerprint density at radius 3 is 2.60 bits per heavy atom. The van der Waals surface area contributed by atoms with Crippen molar-refractivity contribution in [2.45, 2.75) is 19.5 Å². The van der Waals surface area contributed by atoms with Crippen LogP contribution in [0.1, 0.15) is 21.7 Å². The quantitative estimate of drug-likeness (QED) is 0.492. The number of rotatable bonds is 8. The molecule has 0 saturated heterocycles. The average Bonchev–Trinajstić information content (AvgIpc) is 3.47. The van der Waals surface area contributed by atoms with Crippen molar-refractivity contribution in [1.82, 2.24) is 24.9 Å². The highest BCUT2D eigenvalue weighted by molar-refractivity contribution is 5.92. The minimum atomic E-state index is -0.224. The van der Waals surface area contributed by atoms with Gasteiger partial charge in [-0.25, -0.2) is 4.68 Å². The maximum atomic E-state index is 12.5. The second-order valence-corrected chi connectivity index (χ2v) is 6.81. The number of hydrogen-bond acceptors (Lipinski definition) is 4. The first-order valence-electron chi connectivity index (χ1n) is 9.76. The van der Waals surface area contributed by atoms with Crippen molar-refractivity contribution in [3.8, 4) is 11.4 Å². The van der Waals surface area contributed by atoms with Gasteiger partial charge in [0.25, 0.3) is 5.91 Å². The van der Waals surface area contributed by atoms with Crippen LogP contribution in [0.3, 0.4) is 0 Å². The summed E-state index contributed by atoms with van der Waals surface area (Å²) in [5, 5.41) is 11.7. The number of carbonyl (C=O) groups excluding carboxylic acids is 1. The number of ether oxygens (including phenoxy) is 1. The zero-order valence-corrected chi connectivity index (χ0v) is 16.7. The highest BCUT2D eigenvalue weighted by atomic mass is 16.5. The number of aryl methyl sites for hydroxylation is 2. The van der Waals surface area contributed by atoms with Crippen molar-refractivity contribution >= 4 is 5.91 Å². The van der Waals surface area contributed by atoms with Crippen LogP contribution in [0, 0.1) is 0 Å². The van der Waals surface area contributed by atoms with Crippen molar-refractivity contribution in [2.24, 2.45) is 0 Å². The highest BCUT2D eigenvalue weighted by Gasteiger charge is 2.11. The molecule has 1 amide bonds. The Kier molecular flexibility index (Phi) is 5.89. The second kappa shape index (κ2) is 9.09. The Morgan fingerprint density at radius 2 is 1.83 bits per heavy atom. The molecule has 7 nitrogen and oxygen atoms in total. The second-order valence-electron chi connectivity index (χ2n) is 6.81. The van der Waals surface area contributed by atoms with E-state index in [1.54, 1.807) is 30.3 Å². The molecule has 0 spiro atoms. The molecule has 4 rings (SSSR count). The fraction of sp³-hybridized carbons (Fsp3) is 0.174. The zero-order valence-electron chi connectivity index (χ0n) is 16.7. The maximum Gasteiger partial charge on any atom is 0.272 e. The molecular weight excluding hydrogens is 378 g/mol. The van der Waals surface area contributed by atoms with E-state index in [0.717, 1.165) is 30.1 Å². The lowest BCUT2D eigenvalue weighted by molar-refractivity contribution is 0.0944. The molecule has 7 heteroatoms. The summed E-state index contributed by atoms with van der Waals surface area (Å²) >= 11 is 0. The molecule has 30 heavy (non-hydrogen) atoms. The Morgan fingerprint density at radius 1 is 1.03 bits per heavy atom. The normalized spacial score (nSPS) is 10.7. The monoisotopic (exact) mass is 401 g/mol. The molecule has 2 aromatic heterocycles. The predicted octanol–water partition coefficient (Wildman–Crippen LogP) is 3.25. The molecule has 2 aromatic carbocycles. The number of nitrogens with zero attached hydrogens (tertiary/aromatic N) is 4. The molecule has 0 unspecified atom stereocenters. The molecule has 152 valence electrons. The van der Waals surface area contributed by atoms with Crippen LogP contribution in [0.15, 0.2) is 79.1 Å². The lowest BCUT2D eigenvalue weighted by Gasteiger charge is -2.08. The van der Waals surface area contributed by atoms with Gasteiger partial charge in [-0.05, 0) is 48.4 Å². The molecule has 0 aliphatic carbocycles. The SMILES string of the molecule is COc1ccc(-n2ccc(C(=O)NCc3ccnn3CCc3ccccc3)n2)cc1. The van der Waals surface area contributed by atoms with Crippen LogP contribution in [-0.4, -0.2) is 32.6 Å². The first-order valence-corrected chi connectivity index (χ1v) is 9.76. The van der Waals surface area contributed by atoms with Gasteiger partial charge in [0.05, 0.1) is 25.0 Å². The minimum Gasteiger partial charge on any atom is -0.497 e. The standard InChI is InChI=1S/C23H23N5O2/c1-30-21-9-7-19(8-10-21)28-16-13-22(26-28)23(29)24-17-20-11-14-25-27(20)15-12-18-5-3-2-4-6-18/h2-11,13-14,16H,12,15,17H2,1H3,(H,24,29). The van der Waals surface area contributed by atoms with Gasteiger partial charge >= 0.3 is 0 Å². The lowest BCUT2D eigenvalue weighted by atomic mass is 10.1. The minimum absolute atomic E-state index is 0.224. The number of amides is 1. The van der Waals surface area contributed by atoms with Gasteiger partial charge in [0.15, 0.2) is 5.69 Å². The molecule has 0 atom stereocenters. The summed E-state index contributed by atoms with van der Waals surface area (Å²) < 4.78 is 8.75. The van der Waals surface area contributed by atoms with Crippen LogP contribution in [-0.2, 0) is 19.5 Å². The molecule has 0 aliphatic heterocycles. The van der Waals surface area contributed by atoms with Gasteiger partial charge in [0.1, 0.15) is 5.75 Å². The van der Waals surface area contributed by atoms with E-state index in [2.05, 4.69) is 27.6 Å². The van der Waals surface area contributed by atoms with Gasteiger partial charge in [0, 0.05) is 18.9 Å². The molecule has 0 fully saturated rings. The maximum absolute atomic E-state index is 12.5. The fourth-order valence-corrected chi connectivity index (χ4v) is 3.18. The average molecular weight is 401 g/mol. The molecular formula is C23H23N5O2. The number of nitrogens with one attached hydrogen (secondary N) is 1. The van der Waals surface area contributed by atoms with Gasteiger partial charge in [-0.2, -0.15) is 10.2 Å². The third-order valence-corrected chi connectivity index (χ3v) is 4.85. The summed E-state index contributed by atoms with van der Waals surface area (Å²) in [6.45, 7) is 1.15. The summed E-state index contributed by atoms with van der Waals surface area (Å²) in [4.78, 5) is 12.5. The Bertz CT molecular complexity index is 1100.